The minimum atomic E-state index is -3.81. The van der Waals surface area contributed by atoms with E-state index >= 15 is 8.78 Å². The number of benzene rings is 2. The molecule has 0 spiro atoms. The lowest BCUT2D eigenvalue weighted by atomic mass is 9.93. The van der Waals surface area contributed by atoms with E-state index in [0.29, 0.717) is 27.4 Å². The highest BCUT2D eigenvalue weighted by Gasteiger charge is 2.67. The number of carbonyl (C=O) groups is 1. The monoisotopic (exact) mass is 817 g/mol. The molecule has 2 aromatic carbocycles. The van der Waals surface area contributed by atoms with Crippen LogP contribution in [0.4, 0.5) is 32.2 Å². The Morgan fingerprint density at radius 2 is 1.73 bits per heavy atom. The molecule has 0 unspecified atom stereocenters. The summed E-state index contributed by atoms with van der Waals surface area (Å²) in [6, 6.07) is 7.89. The van der Waals surface area contributed by atoms with Crippen molar-refractivity contribution in [1.82, 2.24) is 29.9 Å². The van der Waals surface area contributed by atoms with Crippen LogP contribution in [0.1, 0.15) is 79.5 Å². The Bertz CT molecular complexity index is 2590. The maximum atomic E-state index is 15.4. The van der Waals surface area contributed by atoms with Crippen LogP contribution in [0.5, 0.6) is 0 Å². The van der Waals surface area contributed by atoms with Crippen LogP contribution in [-0.2, 0) is 40.8 Å². The quantitative estimate of drug-likeness (QED) is 0.110. The van der Waals surface area contributed by atoms with Crippen molar-refractivity contribution in [3.05, 3.63) is 93.0 Å². The number of nitrogens with one attached hydrogen (secondary N) is 2. The normalized spacial score (nSPS) is 17.7. The predicted octanol–water partition coefficient (Wildman–Crippen LogP) is 7.78. The van der Waals surface area contributed by atoms with Crippen LogP contribution in [0.2, 0.25) is 5.02 Å². The van der Waals surface area contributed by atoms with Crippen LogP contribution >= 0.6 is 11.6 Å². The third-order valence-corrected chi connectivity index (χ3v) is 10.4. The average molecular weight is 818 g/mol. The zero-order valence-electron chi connectivity index (χ0n) is 30.5. The highest BCUT2D eigenvalue weighted by molar-refractivity contribution is 7.92. The van der Waals surface area contributed by atoms with Gasteiger partial charge in [-0.2, -0.15) is 19.0 Å². The van der Waals surface area contributed by atoms with Crippen molar-refractivity contribution in [3.8, 4) is 23.0 Å². The molecule has 18 heteroatoms. The van der Waals surface area contributed by atoms with Gasteiger partial charge in [0.25, 0.3) is 12.3 Å². The molecule has 0 radical (unpaired) electrons. The zero-order valence-corrected chi connectivity index (χ0v) is 32.1. The standard InChI is InChI=1S/C38H34ClF6N7O3S/c1-37(2,3)11-10-21-6-7-22(23-8-9-26(39)30-33(23)51(4)49-36(30)50-56(5,54)55)31(46-21)27(14-18-12-19(40)15-20(41)13-18)47-28(53)17-52-34-29(32(48-52)35(42)43)24-16-25(24)38(34,44)45/h6-9,12-13,15,24-25,27,35H,14,16-17H2,1-5H3,(H,47,53)(H,49,50)/t24-,25+,27-/m0/s1. The van der Waals surface area contributed by atoms with E-state index in [-0.39, 0.29) is 51.6 Å². The highest BCUT2D eigenvalue weighted by Crippen LogP contribution is 2.68. The smallest absolute Gasteiger partial charge is 0.293 e. The summed E-state index contributed by atoms with van der Waals surface area (Å²) in [5, 5.41) is 11.2. The Morgan fingerprint density at radius 3 is 2.38 bits per heavy atom. The zero-order chi connectivity index (χ0) is 40.6. The van der Waals surface area contributed by atoms with Gasteiger partial charge in [0.2, 0.25) is 15.9 Å². The lowest BCUT2D eigenvalue weighted by molar-refractivity contribution is -0.123. The molecule has 56 heavy (non-hydrogen) atoms. The number of fused-ring (bicyclic) bond motifs is 4. The molecule has 2 N–H and O–H groups in total. The molecule has 3 heterocycles. The van der Waals surface area contributed by atoms with Crippen molar-refractivity contribution in [2.24, 2.45) is 18.4 Å². The Labute approximate surface area is 322 Å². The number of aryl methyl sites for hydroxylation is 1. The molecule has 2 aliphatic rings. The molecule has 7 rings (SSSR count). The number of halogens is 7. The number of nitrogens with zero attached hydrogens (tertiary/aromatic N) is 5. The Morgan fingerprint density at radius 1 is 1.05 bits per heavy atom. The minimum Gasteiger partial charge on any atom is -0.346 e. The number of carbonyl (C=O) groups excluding carboxylic acids is 1. The van der Waals surface area contributed by atoms with E-state index < -0.39 is 81.1 Å². The Balaban J connectivity index is 1.39. The van der Waals surface area contributed by atoms with E-state index in [1.54, 1.807) is 25.2 Å². The second-order valence-corrected chi connectivity index (χ2v) is 17.2. The van der Waals surface area contributed by atoms with E-state index in [4.69, 9.17) is 16.6 Å². The summed E-state index contributed by atoms with van der Waals surface area (Å²) in [4.78, 5) is 18.7. The predicted molar refractivity (Wildman–Crippen MR) is 197 cm³/mol. The van der Waals surface area contributed by atoms with Gasteiger partial charge in [-0.15, -0.1) is 0 Å². The van der Waals surface area contributed by atoms with E-state index in [2.05, 4.69) is 32.1 Å². The number of alkyl halides is 4. The fraction of sp³-hybridized carbons (Fsp3) is 0.368. The van der Waals surface area contributed by atoms with Crippen LogP contribution in [0.3, 0.4) is 0 Å². The summed E-state index contributed by atoms with van der Waals surface area (Å²) >= 11 is 6.59. The molecule has 1 fully saturated rings. The van der Waals surface area contributed by atoms with E-state index in [9.17, 15) is 30.8 Å². The molecule has 10 nitrogen and oxygen atoms in total. The molecular formula is C38H34ClF6N7O3S. The summed E-state index contributed by atoms with van der Waals surface area (Å²) in [6.45, 7) is 4.75. The molecule has 0 saturated heterocycles. The molecule has 3 atom stereocenters. The van der Waals surface area contributed by atoms with Gasteiger partial charge >= 0.3 is 0 Å². The third-order valence-electron chi connectivity index (χ3n) is 9.49. The lowest BCUT2D eigenvalue weighted by Crippen LogP contribution is -2.35. The van der Waals surface area contributed by atoms with Gasteiger partial charge in [-0.05, 0) is 81.3 Å². The number of amides is 1. The number of anilines is 1. The topological polar surface area (TPSA) is 124 Å². The van der Waals surface area contributed by atoms with Crippen molar-refractivity contribution in [2.75, 3.05) is 11.0 Å². The first-order chi connectivity index (χ1) is 26.1. The molecule has 3 aromatic heterocycles. The maximum Gasteiger partial charge on any atom is 0.293 e. The largest absolute Gasteiger partial charge is 0.346 e. The van der Waals surface area contributed by atoms with Gasteiger partial charge in [-0.3, -0.25) is 18.9 Å². The summed E-state index contributed by atoms with van der Waals surface area (Å²) in [5.74, 6) is -2.15. The first-order valence-electron chi connectivity index (χ1n) is 17.3. The van der Waals surface area contributed by atoms with Crippen LogP contribution in [-0.4, -0.2) is 45.1 Å². The number of hydrogen-bond donors (Lipinski definition) is 2. The van der Waals surface area contributed by atoms with E-state index in [1.165, 1.54) is 10.7 Å². The van der Waals surface area contributed by atoms with Gasteiger partial charge in [-0.1, -0.05) is 23.6 Å². The second kappa shape index (κ2) is 13.8. The number of pyridine rings is 1. The first-order valence-corrected chi connectivity index (χ1v) is 19.6. The minimum absolute atomic E-state index is 0.0349. The molecule has 2 aliphatic carbocycles. The van der Waals surface area contributed by atoms with Crippen LogP contribution in [0, 0.1) is 34.8 Å². The third kappa shape index (κ3) is 7.56. The SMILES string of the molecule is Cn1nc(NS(C)(=O)=O)c2c(Cl)ccc(-c3ccc(C#CC(C)(C)C)nc3[C@H](Cc3cc(F)cc(F)c3)NC(=O)Cn3nc(C(F)F)c4c3C(F)(F)[C@@H]3C[C@H]43)c21. The van der Waals surface area contributed by atoms with Crippen molar-refractivity contribution >= 4 is 44.3 Å². The Hall–Kier alpha value is -5.08. The van der Waals surface area contributed by atoms with Crippen molar-refractivity contribution < 1.29 is 39.6 Å². The van der Waals surface area contributed by atoms with Crippen LogP contribution in [0.25, 0.3) is 22.0 Å². The van der Waals surface area contributed by atoms with Gasteiger partial charge in [-0.25, -0.2) is 31.0 Å². The molecular weight excluding hydrogens is 784 g/mol. The highest BCUT2D eigenvalue weighted by atomic mass is 35.5. The summed E-state index contributed by atoms with van der Waals surface area (Å²) in [7, 11) is -2.26. The van der Waals surface area contributed by atoms with E-state index in [1.807, 2.05) is 20.8 Å². The summed E-state index contributed by atoms with van der Waals surface area (Å²) in [5.41, 5.74) is -0.734. The van der Waals surface area contributed by atoms with Crippen LogP contribution < -0.4 is 10.0 Å². The number of rotatable bonds is 10. The van der Waals surface area contributed by atoms with Gasteiger partial charge in [0.15, 0.2) is 5.82 Å². The van der Waals surface area contributed by atoms with Crippen molar-refractivity contribution in [3.63, 3.8) is 0 Å². The molecule has 5 aromatic rings. The van der Waals surface area contributed by atoms with Crippen LogP contribution in [0.15, 0.2) is 42.5 Å². The molecule has 1 saturated carbocycles. The Kier molecular flexibility index (Phi) is 9.68. The number of hydrogen-bond acceptors (Lipinski definition) is 6. The summed E-state index contributed by atoms with van der Waals surface area (Å²) in [6.07, 6.45) is -2.46. The first kappa shape index (κ1) is 39.2. The molecule has 0 bridgehead atoms. The molecule has 294 valence electrons. The number of sulfonamides is 1. The second-order valence-electron chi connectivity index (χ2n) is 15.1. The van der Waals surface area contributed by atoms with Crippen molar-refractivity contribution in [1.29, 1.82) is 0 Å². The van der Waals surface area contributed by atoms with E-state index in [0.717, 1.165) is 18.4 Å². The fourth-order valence-corrected chi connectivity index (χ4v) is 8.00. The summed E-state index contributed by atoms with van der Waals surface area (Å²) < 4.78 is 117. The molecule has 1 amide bonds. The lowest BCUT2D eigenvalue weighted by Gasteiger charge is -2.23. The molecule has 0 aliphatic heterocycles. The van der Waals surface area contributed by atoms with Gasteiger partial charge in [0.05, 0.1) is 33.9 Å². The van der Waals surface area contributed by atoms with Crippen molar-refractivity contribution in [2.45, 2.75) is 64.5 Å². The fourth-order valence-electron chi connectivity index (χ4n) is 7.27. The van der Waals surface area contributed by atoms with Gasteiger partial charge in [0.1, 0.15) is 35.3 Å². The van der Waals surface area contributed by atoms with Gasteiger partial charge in [0, 0.05) is 41.1 Å². The van der Waals surface area contributed by atoms with Gasteiger partial charge < -0.3 is 5.32 Å². The number of aromatic nitrogens is 5. The average Bonchev–Trinajstić information content (AvgIpc) is 3.62. The maximum absolute atomic E-state index is 15.4.